The molecular formula is C20H25NO3. The van der Waals surface area contributed by atoms with E-state index in [1.807, 2.05) is 12.1 Å². The third-order valence-corrected chi connectivity index (χ3v) is 4.45. The summed E-state index contributed by atoms with van der Waals surface area (Å²) in [7, 11) is 0. The van der Waals surface area contributed by atoms with Crippen LogP contribution >= 0.6 is 0 Å². The van der Waals surface area contributed by atoms with E-state index in [2.05, 4.69) is 31.3 Å². The number of phenolic OH excluding ortho intramolecular Hbond substituents is 2. The van der Waals surface area contributed by atoms with Crippen LogP contribution in [-0.2, 0) is 6.42 Å². The second-order valence-electron chi connectivity index (χ2n) is 6.78. The van der Waals surface area contributed by atoms with Gasteiger partial charge in [0.1, 0.15) is 5.75 Å². The van der Waals surface area contributed by atoms with Crippen LogP contribution in [-0.4, -0.2) is 23.4 Å². The van der Waals surface area contributed by atoms with Crippen molar-refractivity contribution >= 4 is 0 Å². The Morgan fingerprint density at radius 3 is 2.75 bits per heavy atom. The fourth-order valence-corrected chi connectivity index (χ4v) is 3.08. The number of phenols is 2. The maximum absolute atomic E-state index is 9.86. The average molecular weight is 327 g/mol. The van der Waals surface area contributed by atoms with Gasteiger partial charge in [0.25, 0.3) is 0 Å². The lowest BCUT2D eigenvalue weighted by Crippen LogP contribution is -2.30. The molecule has 1 atom stereocenters. The van der Waals surface area contributed by atoms with Crippen molar-refractivity contribution in [3.63, 3.8) is 0 Å². The maximum Gasteiger partial charge on any atom is 0.157 e. The summed E-state index contributed by atoms with van der Waals surface area (Å²) in [4.78, 5) is 0. The molecule has 1 aliphatic heterocycles. The van der Waals surface area contributed by atoms with E-state index >= 15 is 0 Å². The summed E-state index contributed by atoms with van der Waals surface area (Å²) in [6, 6.07) is 11.4. The highest BCUT2D eigenvalue weighted by Gasteiger charge is 2.23. The predicted molar refractivity (Wildman–Crippen MR) is 94.7 cm³/mol. The Morgan fingerprint density at radius 2 is 1.96 bits per heavy atom. The molecule has 0 aromatic heterocycles. The first-order chi connectivity index (χ1) is 11.5. The Morgan fingerprint density at radius 1 is 1.17 bits per heavy atom. The van der Waals surface area contributed by atoms with Crippen LogP contribution in [0, 0.1) is 5.92 Å². The SMILES string of the molecule is CC(C)CCOc1cccc(C2NCCc3cc(O)c(O)cc32)c1. The monoisotopic (exact) mass is 327 g/mol. The quantitative estimate of drug-likeness (QED) is 0.732. The molecule has 3 rings (SSSR count). The first-order valence-electron chi connectivity index (χ1n) is 8.55. The number of ether oxygens (including phenoxy) is 1. The van der Waals surface area contributed by atoms with Gasteiger partial charge in [0.05, 0.1) is 12.6 Å². The van der Waals surface area contributed by atoms with E-state index in [0.29, 0.717) is 12.5 Å². The Labute approximate surface area is 143 Å². The highest BCUT2D eigenvalue weighted by molar-refractivity contribution is 5.50. The van der Waals surface area contributed by atoms with Crippen LogP contribution < -0.4 is 10.1 Å². The lowest BCUT2D eigenvalue weighted by atomic mass is 9.89. The van der Waals surface area contributed by atoms with E-state index in [0.717, 1.165) is 41.8 Å². The average Bonchev–Trinajstić information content (AvgIpc) is 2.55. The zero-order chi connectivity index (χ0) is 17.1. The van der Waals surface area contributed by atoms with Crippen LogP contribution in [0.3, 0.4) is 0 Å². The molecule has 1 unspecified atom stereocenters. The smallest absolute Gasteiger partial charge is 0.157 e. The summed E-state index contributed by atoms with van der Waals surface area (Å²) >= 11 is 0. The van der Waals surface area contributed by atoms with Crippen LogP contribution in [0.1, 0.15) is 43.0 Å². The predicted octanol–water partition coefficient (Wildman–Crippen LogP) is 3.76. The van der Waals surface area contributed by atoms with Crippen molar-refractivity contribution in [2.75, 3.05) is 13.2 Å². The van der Waals surface area contributed by atoms with Gasteiger partial charge in [-0.3, -0.25) is 0 Å². The molecular weight excluding hydrogens is 302 g/mol. The van der Waals surface area contributed by atoms with E-state index in [4.69, 9.17) is 4.74 Å². The summed E-state index contributed by atoms with van der Waals surface area (Å²) in [5.74, 6) is 1.35. The highest BCUT2D eigenvalue weighted by atomic mass is 16.5. The molecule has 2 aromatic rings. The minimum Gasteiger partial charge on any atom is -0.504 e. The molecule has 0 aliphatic carbocycles. The lowest BCUT2D eigenvalue weighted by molar-refractivity contribution is 0.289. The van der Waals surface area contributed by atoms with Crippen molar-refractivity contribution in [2.24, 2.45) is 5.92 Å². The van der Waals surface area contributed by atoms with Gasteiger partial charge in [0, 0.05) is 6.54 Å². The largest absolute Gasteiger partial charge is 0.504 e. The molecule has 128 valence electrons. The molecule has 2 aromatic carbocycles. The lowest BCUT2D eigenvalue weighted by Gasteiger charge is -2.28. The maximum atomic E-state index is 9.86. The van der Waals surface area contributed by atoms with Gasteiger partial charge >= 0.3 is 0 Å². The number of hydrogen-bond donors (Lipinski definition) is 3. The Kier molecular flexibility index (Phi) is 4.95. The Bertz CT molecular complexity index is 712. The van der Waals surface area contributed by atoms with Gasteiger partial charge in [-0.15, -0.1) is 0 Å². The van der Waals surface area contributed by atoms with Crippen LogP contribution in [0.5, 0.6) is 17.2 Å². The molecule has 4 nitrogen and oxygen atoms in total. The van der Waals surface area contributed by atoms with Crippen molar-refractivity contribution < 1.29 is 14.9 Å². The van der Waals surface area contributed by atoms with E-state index in [1.165, 1.54) is 0 Å². The summed E-state index contributed by atoms with van der Waals surface area (Å²) in [5.41, 5.74) is 3.18. The molecule has 0 saturated heterocycles. The zero-order valence-electron chi connectivity index (χ0n) is 14.2. The van der Waals surface area contributed by atoms with Crippen LogP contribution in [0.4, 0.5) is 0 Å². The number of benzene rings is 2. The zero-order valence-corrected chi connectivity index (χ0v) is 14.2. The molecule has 24 heavy (non-hydrogen) atoms. The normalized spacial score (nSPS) is 16.9. The van der Waals surface area contributed by atoms with E-state index in [9.17, 15) is 10.2 Å². The van der Waals surface area contributed by atoms with Gasteiger partial charge in [-0.05, 0) is 59.7 Å². The van der Waals surface area contributed by atoms with Gasteiger partial charge in [0.15, 0.2) is 11.5 Å². The summed E-state index contributed by atoms with van der Waals surface area (Å²) in [6.07, 6.45) is 1.87. The minimum absolute atomic E-state index is 0.00565. The van der Waals surface area contributed by atoms with Gasteiger partial charge in [-0.1, -0.05) is 26.0 Å². The molecule has 4 heteroatoms. The number of fused-ring (bicyclic) bond motifs is 1. The summed E-state index contributed by atoms with van der Waals surface area (Å²) in [5, 5.41) is 23.1. The second-order valence-corrected chi connectivity index (χ2v) is 6.78. The van der Waals surface area contributed by atoms with Crippen molar-refractivity contribution in [1.29, 1.82) is 0 Å². The minimum atomic E-state index is -0.0770. The van der Waals surface area contributed by atoms with E-state index in [-0.39, 0.29) is 17.5 Å². The van der Waals surface area contributed by atoms with E-state index in [1.54, 1.807) is 12.1 Å². The third kappa shape index (κ3) is 3.65. The van der Waals surface area contributed by atoms with Gasteiger partial charge in [-0.2, -0.15) is 0 Å². The van der Waals surface area contributed by atoms with Gasteiger partial charge < -0.3 is 20.3 Å². The molecule has 1 aliphatic rings. The van der Waals surface area contributed by atoms with Crippen molar-refractivity contribution in [3.8, 4) is 17.2 Å². The van der Waals surface area contributed by atoms with Crippen molar-refractivity contribution in [1.82, 2.24) is 5.32 Å². The number of rotatable bonds is 5. The van der Waals surface area contributed by atoms with Crippen LogP contribution in [0.2, 0.25) is 0 Å². The van der Waals surface area contributed by atoms with E-state index < -0.39 is 0 Å². The molecule has 0 radical (unpaired) electrons. The molecule has 3 N–H and O–H groups in total. The second kappa shape index (κ2) is 7.14. The molecule has 0 saturated carbocycles. The summed E-state index contributed by atoms with van der Waals surface area (Å²) in [6.45, 7) is 5.92. The van der Waals surface area contributed by atoms with Gasteiger partial charge in [-0.25, -0.2) is 0 Å². The molecule has 0 spiro atoms. The standard InChI is InChI=1S/C20H25NO3/c1-13(2)7-9-24-16-5-3-4-15(10-16)20-17-12-19(23)18(22)11-14(17)6-8-21-20/h3-5,10-13,20-23H,6-9H2,1-2H3. The highest BCUT2D eigenvalue weighted by Crippen LogP contribution is 2.36. The number of hydrogen-bond acceptors (Lipinski definition) is 4. The van der Waals surface area contributed by atoms with Crippen LogP contribution in [0.15, 0.2) is 36.4 Å². The number of nitrogens with one attached hydrogen (secondary N) is 1. The topological polar surface area (TPSA) is 61.7 Å². The fourth-order valence-electron chi connectivity index (χ4n) is 3.08. The van der Waals surface area contributed by atoms with Crippen molar-refractivity contribution in [2.45, 2.75) is 32.7 Å². The Hall–Kier alpha value is -2.20. The van der Waals surface area contributed by atoms with Gasteiger partial charge in [0.2, 0.25) is 0 Å². The molecule has 1 heterocycles. The summed E-state index contributed by atoms with van der Waals surface area (Å²) < 4.78 is 5.86. The molecule has 0 fully saturated rings. The first kappa shape index (κ1) is 16.7. The third-order valence-electron chi connectivity index (χ3n) is 4.45. The Balaban J connectivity index is 1.84. The fraction of sp³-hybridized carbons (Fsp3) is 0.400. The van der Waals surface area contributed by atoms with Crippen LogP contribution in [0.25, 0.3) is 0 Å². The van der Waals surface area contributed by atoms with Crippen molar-refractivity contribution in [3.05, 3.63) is 53.1 Å². The molecule has 0 bridgehead atoms. The first-order valence-corrected chi connectivity index (χ1v) is 8.55. The number of aromatic hydroxyl groups is 2. The molecule has 0 amide bonds.